The smallest absolute Gasteiger partial charge is 0.253 e. The molecule has 0 radical (unpaired) electrons. The van der Waals surface area contributed by atoms with Gasteiger partial charge in [-0.25, -0.2) is 0 Å². The van der Waals surface area contributed by atoms with Crippen LogP contribution in [0.2, 0.25) is 0 Å². The third kappa shape index (κ3) is 3.30. The second-order valence-corrected chi connectivity index (χ2v) is 6.05. The van der Waals surface area contributed by atoms with Crippen LogP contribution in [0.3, 0.4) is 0 Å². The van der Waals surface area contributed by atoms with E-state index < -0.39 is 0 Å². The van der Waals surface area contributed by atoms with Crippen molar-refractivity contribution in [2.45, 2.75) is 18.1 Å². The largest absolute Gasteiger partial charge is 0.493 e. The predicted molar refractivity (Wildman–Crippen MR) is 81.8 cm³/mol. The molecule has 1 aliphatic rings. The molecular weight excluding hydrogens is 276 g/mol. The summed E-state index contributed by atoms with van der Waals surface area (Å²) in [6.45, 7) is 0.678. The first-order valence-corrected chi connectivity index (χ1v) is 7.62. The van der Waals surface area contributed by atoms with E-state index in [1.54, 1.807) is 12.1 Å². The minimum atomic E-state index is -0.170. The molecule has 1 amide bonds. The number of nitrogens with one attached hydrogen (secondary N) is 1. The molecule has 6 heteroatoms. The number of hydrogen-bond acceptors (Lipinski definition) is 5. The highest BCUT2D eigenvalue weighted by atomic mass is 32.2. The number of rotatable bonds is 5. The number of thioether (sulfide) groups is 1. The van der Waals surface area contributed by atoms with Crippen molar-refractivity contribution in [3.8, 4) is 11.5 Å². The van der Waals surface area contributed by atoms with Crippen LogP contribution in [-0.4, -0.2) is 37.7 Å². The third-order valence-corrected chi connectivity index (χ3v) is 4.71. The molecule has 1 aliphatic heterocycles. The summed E-state index contributed by atoms with van der Waals surface area (Å²) >= 11 is 1.91. The first-order chi connectivity index (χ1) is 9.65. The molecule has 2 rings (SSSR count). The summed E-state index contributed by atoms with van der Waals surface area (Å²) in [4.78, 5) is 12.2. The van der Waals surface area contributed by atoms with Crippen LogP contribution in [0.5, 0.6) is 11.5 Å². The zero-order valence-electron chi connectivity index (χ0n) is 11.8. The molecule has 1 unspecified atom stereocenters. The van der Waals surface area contributed by atoms with Gasteiger partial charge in [0.05, 0.1) is 19.8 Å². The number of methoxy groups -OCH3 is 2. The van der Waals surface area contributed by atoms with Crippen LogP contribution in [0, 0.1) is 0 Å². The molecule has 3 N–H and O–H groups in total. The van der Waals surface area contributed by atoms with Gasteiger partial charge in [-0.1, -0.05) is 0 Å². The Labute approximate surface area is 123 Å². The number of carbonyl (C=O) groups excluding carboxylic acids is 1. The first-order valence-electron chi connectivity index (χ1n) is 6.57. The van der Waals surface area contributed by atoms with E-state index in [9.17, 15) is 4.79 Å². The van der Waals surface area contributed by atoms with Crippen molar-refractivity contribution < 1.29 is 14.3 Å². The average molecular weight is 296 g/mol. The number of benzene rings is 1. The van der Waals surface area contributed by atoms with Gasteiger partial charge in [-0.2, -0.15) is 11.8 Å². The Bertz CT molecular complexity index is 488. The first kappa shape index (κ1) is 14.8. The van der Waals surface area contributed by atoms with Gasteiger partial charge < -0.3 is 20.5 Å². The van der Waals surface area contributed by atoms with Gasteiger partial charge in [-0.3, -0.25) is 4.79 Å². The molecule has 1 aromatic rings. The van der Waals surface area contributed by atoms with E-state index in [0.717, 1.165) is 6.42 Å². The number of carbonyl (C=O) groups is 1. The number of nitrogens with two attached hydrogens (primary N) is 1. The highest BCUT2D eigenvalue weighted by Gasteiger charge is 2.19. The highest BCUT2D eigenvalue weighted by molar-refractivity contribution is 8.00. The van der Waals surface area contributed by atoms with Gasteiger partial charge >= 0.3 is 0 Å². The maximum absolute atomic E-state index is 12.2. The third-order valence-electron chi connectivity index (χ3n) is 3.31. The van der Waals surface area contributed by atoms with Crippen LogP contribution >= 0.6 is 11.8 Å². The lowest BCUT2D eigenvalue weighted by Gasteiger charge is -2.14. The van der Waals surface area contributed by atoms with Crippen LogP contribution in [0.25, 0.3) is 0 Å². The summed E-state index contributed by atoms with van der Waals surface area (Å²) < 4.78 is 10.3. The lowest BCUT2D eigenvalue weighted by atomic mass is 10.1. The lowest BCUT2D eigenvalue weighted by molar-refractivity contribution is 0.0954. The number of anilines is 1. The Balaban J connectivity index is 2.08. The molecule has 1 saturated heterocycles. The Morgan fingerprint density at radius 2 is 2.10 bits per heavy atom. The van der Waals surface area contributed by atoms with Crippen LogP contribution in [0.4, 0.5) is 5.69 Å². The predicted octanol–water partition coefficient (Wildman–Crippen LogP) is 1.91. The minimum Gasteiger partial charge on any atom is -0.493 e. The second-order valence-electron chi connectivity index (χ2n) is 4.64. The molecule has 110 valence electrons. The summed E-state index contributed by atoms with van der Waals surface area (Å²) in [5.41, 5.74) is 6.71. The molecule has 1 atom stereocenters. The van der Waals surface area contributed by atoms with E-state index in [1.807, 2.05) is 11.8 Å². The van der Waals surface area contributed by atoms with Crippen molar-refractivity contribution >= 4 is 23.4 Å². The van der Waals surface area contributed by atoms with Crippen LogP contribution in [0.15, 0.2) is 12.1 Å². The lowest BCUT2D eigenvalue weighted by Crippen LogP contribution is -2.30. The van der Waals surface area contributed by atoms with E-state index >= 15 is 0 Å². The molecule has 1 aromatic carbocycles. The van der Waals surface area contributed by atoms with Gasteiger partial charge in [0.1, 0.15) is 0 Å². The average Bonchev–Trinajstić information content (AvgIpc) is 2.97. The number of ether oxygens (including phenoxy) is 2. The number of amides is 1. The van der Waals surface area contributed by atoms with Crippen molar-refractivity contribution in [1.82, 2.24) is 5.32 Å². The molecule has 20 heavy (non-hydrogen) atoms. The van der Waals surface area contributed by atoms with Gasteiger partial charge in [-0.05, 0) is 24.7 Å². The van der Waals surface area contributed by atoms with Gasteiger partial charge in [0.25, 0.3) is 5.91 Å². The van der Waals surface area contributed by atoms with Crippen molar-refractivity contribution in [2.24, 2.45) is 0 Å². The normalized spacial score (nSPS) is 17.8. The Morgan fingerprint density at radius 1 is 1.40 bits per heavy atom. The van der Waals surface area contributed by atoms with Crippen molar-refractivity contribution in [3.63, 3.8) is 0 Å². The molecular formula is C14H20N2O3S. The van der Waals surface area contributed by atoms with E-state index in [1.165, 1.54) is 26.4 Å². The van der Waals surface area contributed by atoms with Gasteiger partial charge in [0, 0.05) is 23.5 Å². The van der Waals surface area contributed by atoms with Crippen LogP contribution in [0.1, 0.15) is 23.2 Å². The van der Waals surface area contributed by atoms with E-state index in [0.29, 0.717) is 34.5 Å². The number of nitrogen functional groups attached to an aromatic ring is 1. The van der Waals surface area contributed by atoms with Crippen molar-refractivity contribution in [1.29, 1.82) is 0 Å². The highest BCUT2D eigenvalue weighted by Crippen LogP contribution is 2.32. The Morgan fingerprint density at radius 3 is 2.70 bits per heavy atom. The molecule has 1 fully saturated rings. The monoisotopic (exact) mass is 296 g/mol. The second kappa shape index (κ2) is 6.74. The number of hydrogen-bond donors (Lipinski definition) is 2. The van der Waals surface area contributed by atoms with Gasteiger partial charge in [-0.15, -0.1) is 0 Å². The quantitative estimate of drug-likeness (QED) is 0.812. The molecule has 0 aromatic heterocycles. The van der Waals surface area contributed by atoms with E-state index in [-0.39, 0.29) is 5.91 Å². The molecule has 0 spiro atoms. The summed E-state index contributed by atoms with van der Waals surface area (Å²) in [5, 5.41) is 3.45. The maximum atomic E-state index is 12.2. The topological polar surface area (TPSA) is 73.6 Å². The molecule has 0 bridgehead atoms. The van der Waals surface area contributed by atoms with Crippen molar-refractivity contribution in [3.05, 3.63) is 17.7 Å². The Hall–Kier alpha value is -1.56. The fourth-order valence-corrected chi connectivity index (χ4v) is 3.40. The minimum absolute atomic E-state index is 0.170. The molecule has 5 nitrogen and oxygen atoms in total. The summed E-state index contributed by atoms with van der Waals surface area (Å²) in [6.07, 6.45) is 2.38. The van der Waals surface area contributed by atoms with E-state index in [4.69, 9.17) is 15.2 Å². The SMILES string of the molecule is COc1cc(N)c(C(=O)NCC2CCCS2)cc1OC. The van der Waals surface area contributed by atoms with Gasteiger partial charge in [0.15, 0.2) is 11.5 Å². The zero-order valence-corrected chi connectivity index (χ0v) is 12.6. The fraction of sp³-hybridized carbons (Fsp3) is 0.500. The zero-order chi connectivity index (χ0) is 14.5. The molecule has 1 heterocycles. The van der Waals surface area contributed by atoms with Crippen LogP contribution < -0.4 is 20.5 Å². The van der Waals surface area contributed by atoms with E-state index in [2.05, 4.69) is 5.32 Å². The Kier molecular flexibility index (Phi) is 5.00. The fourth-order valence-electron chi connectivity index (χ4n) is 2.20. The summed E-state index contributed by atoms with van der Waals surface area (Å²) in [5.74, 6) is 2.03. The van der Waals surface area contributed by atoms with Gasteiger partial charge in [0.2, 0.25) is 0 Å². The maximum Gasteiger partial charge on any atom is 0.253 e. The molecule has 0 aliphatic carbocycles. The van der Waals surface area contributed by atoms with Crippen molar-refractivity contribution in [2.75, 3.05) is 32.3 Å². The molecule has 0 saturated carbocycles. The standard InChI is InChI=1S/C14H20N2O3S/c1-18-12-6-10(11(15)7-13(12)19-2)14(17)16-8-9-4-3-5-20-9/h6-7,9H,3-5,8,15H2,1-2H3,(H,16,17). The van der Waals surface area contributed by atoms with Crippen LogP contribution in [-0.2, 0) is 0 Å². The summed E-state index contributed by atoms with van der Waals surface area (Å²) in [6, 6.07) is 3.23. The summed E-state index contributed by atoms with van der Waals surface area (Å²) in [7, 11) is 3.07.